The lowest BCUT2D eigenvalue weighted by Gasteiger charge is -2.20. The molecule has 0 bridgehead atoms. The summed E-state index contributed by atoms with van der Waals surface area (Å²) in [6.07, 6.45) is 6.61. The summed E-state index contributed by atoms with van der Waals surface area (Å²) in [6.45, 7) is 4.65. The van der Waals surface area contributed by atoms with Crippen LogP contribution in [0.3, 0.4) is 0 Å². The first-order chi connectivity index (χ1) is 8.56. The summed E-state index contributed by atoms with van der Waals surface area (Å²) in [5.74, 6) is 0.883. The molecule has 0 aliphatic heterocycles. The van der Waals surface area contributed by atoms with Gasteiger partial charge in [0.15, 0.2) is 0 Å². The van der Waals surface area contributed by atoms with Crippen LogP contribution in [0.4, 0.5) is 0 Å². The maximum Gasteiger partial charge on any atom is 0.213 e. The molecule has 0 aromatic heterocycles. The second-order valence-electron chi connectivity index (χ2n) is 5.31. The minimum Gasteiger partial charge on any atom is -0.317 e. The normalized spacial score (nSPS) is 17.7. The summed E-state index contributed by atoms with van der Waals surface area (Å²) in [4.78, 5) is 0. The molecule has 0 heterocycles. The number of hydrogen-bond acceptors (Lipinski definition) is 3. The molecule has 0 aromatic rings. The van der Waals surface area contributed by atoms with Gasteiger partial charge >= 0.3 is 0 Å². The highest BCUT2D eigenvalue weighted by molar-refractivity contribution is 7.89. The largest absolute Gasteiger partial charge is 0.317 e. The van der Waals surface area contributed by atoms with Gasteiger partial charge in [-0.05, 0) is 44.7 Å². The van der Waals surface area contributed by atoms with Gasteiger partial charge in [-0.3, -0.25) is 0 Å². The van der Waals surface area contributed by atoms with E-state index in [2.05, 4.69) is 12.2 Å². The maximum absolute atomic E-state index is 12.1. The first-order valence-electron chi connectivity index (χ1n) is 7.21. The molecule has 0 saturated heterocycles. The molecular weight excluding hydrogens is 248 g/mol. The molecular formula is C13H28N2O2S. The van der Waals surface area contributed by atoms with Crippen molar-refractivity contribution in [3.63, 3.8) is 0 Å². The lowest BCUT2D eigenvalue weighted by Crippen LogP contribution is -2.33. The van der Waals surface area contributed by atoms with Crippen LogP contribution in [-0.2, 0) is 10.0 Å². The van der Waals surface area contributed by atoms with E-state index >= 15 is 0 Å². The zero-order valence-electron chi connectivity index (χ0n) is 11.8. The average molecular weight is 276 g/mol. The molecule has 1 aliphatic rings. The molecule has 5 heteroatoms. The van der Waals surface area contributed by atoms with Gasteiger partial charge in [-0.15, -0.1) is 0 Å². The second kappa shape index (κ2) is 8.12. The Morgan fingerprint density at radius 3 is 2.50 bits per heavy atom. The fraction of sp³-hybridized carbons (Fsp3) is 1.00. The van der Waals surface area contributed by atoms with E-state index in [9.17, 15) is 8.42 Å². The Morgan fingerprint density at radius 1 is 1.22 bits per heavy atom. The van der Waals surface area contributed by atoms with Crippen molar-refractivity contribution in [2.75, 3.05) is 32.4 Å². The van der Waals surface area contributed by atoms with E-state index in [1.807, 2.05) is 0 Å². The molecule has 1 fully saturated rings. The van der Waals surface area contributed by atoms with Crippen LogP contribution in [0.2, 0.25) is 0 Å². The van der Waals surface area contributed by atoms with Crippen molar-refractivity contribution in [1.82, 2.24) is 9.62 Å². The lowest BCUT2D eigenvalue weighted by atomic mass is 10.1. The van der Waals surface area contributed by atoms with E-state index in [0.717, 1.165) is 32.5 Å². The number of sulfonamides is 1. The fourth-order valence-corrected chi connectivity index (χ4v) is 3.86. The number of hydrogen-bond donors (Lipinski definition) is 1. The maximum atomic E-state index is 12.1. The van der Waals surface area contributed by atoms with Crippen molar-refractivity contribution in [1.29, 1.82) is 0 Å². The van der Waals surface area contributed by atoms with Crippen molar-refractivity contribution in [3.8, 4) is 0 Å². The van der Waals surface area contributed by atoms with Crippen molar-refractivity contribution in [2.24, 2.45) is 5.92 Å². The molecule has 0 unspecified atom stereocenters. The topological polar surface area (TPSA) is 49.4 Å². The van der Waals surface area contributed by atoms with Crippen LogP contribution in [0.5, 0.6) is 0 Å². The summed E-state index contributed by atoms with van der Waals surface area (Å²) >= 11 is 0. The smallest absolute Gasteiger partial charge is 0.213 e. The fourth-order valence-electron chi connectivity index (χ4n) is 2.54. The third-order valence-corrected chi connectivity index (χ3v) is 5.62. The van der Waals surface area contributed by atoms with Crippen LogP contribution in [0.25, 0.3) is 0 Å². The van der Waals surface area contributed by atoms with Gasteiger partial charge in [0.1, 0.15) is 0 Å². The van der Waals surface area contributed by atoms with Gasteiger partial charge < -0.3 is 5.32 Å². The summed E-state index contributed by atoms with van der Waals surface area (Å²) in [5, 5.41) is 3.21. The Labute approximate surface area is 112 Å². The number of nitrogens with zero attached hydrogens (tertiary/aromatic N) is 1. The number of unbranched alkanes of at least 4 members (excludes halogenated alkanes) is 1. The quantitative estimate of drug-likeness (QED) is 0.654. The zero-order chi connectivity index (χ0) is 13.4. The highest BCUT2D eigenvalue weighted by Gasteiger charge is 2.23. The van der Waals surface area contributed by atoms with E-state index in [-0.39, 0.29) is 0 Å². The average Bonchev–Trinajstić information content (AvgIpc) is 2.81. The molecule has 1 N–H and O–H groups in total. The molecule has 18 heavy (non-hydrogen) atoms. The zero-order valence-corrected chi connectivity index (χ0v) is 12.6. The Hall–Kier alpha value is -0.130. The monoisotopic (exact) mass is 276 g/mol. The van der Waals surface area contributed by atoms with Gasteiger partial charge in [0.05, 0.1) is 5.75 Å². The van der Waals surface area contributed by atoms with Gasteiger partial charge in [0.25, 0.3) is 0 Å². The highest BCUT2D eigenvalue weighted by Crippen LogP contribution is 2.25. The number of rotatable bonds is 9. The molecule has 0 atom stereocenters. The van der Waals surface area contributed by atoms with Gasteiger partial charge in [-0.2, -0.15) is 0 Å². The Bertz CT molecular complexity index is 311. The molecule has 1 saturated carbocycles. The molecule has 0 radical (unpaired) electrons. The van der Waals surface area contributed by atoms with E-state index in [1.165, 1.54) is 25.7 Å². The number of nitrogens with one attached hydrogen (secondary N) is 1. The van der Waals surface area contributed by atoms with E-state index in [4.69, 9.17) is 0 Å². The minimum atomic E-state index is -3.03. The molecule has 0 aromatic carbocycles. The third-order valence-electron chi connectivity index (χ3n) is 3.72. The molecule has 0 amide bonds. The summed E-state index contributed by atoms with van der Waals surface area (Å²) in [6, 6.07) is 0. The van der Waals surface area contributed by atoms with Gasteiger partial charge in [0, 0.05) is 13.6 Å². The van der Waals surface area contributed by atoms with Crippen LogP contribution >= 0.6 is 0 Å². The molecule has 108 valence electrons. The van der Waals surface area contributed by atoms with Crippen LogP contribution < -0.4 is 5.32 Å². The minimum absolute atomic E-state index is 0.293. The summed E-state index contributed by atoms with van der Waals surface area (Å²) in [5.41, 5.74) is 0. The summed E-state index contributed by atoms with van der Waals surface area (Å²) in [7, 11) is -1.30. The van der Waals surface area contributed by atoms with Crippen molar-refractivity contribution < 1.29 is 8.42 Å². The first-order valence-corrected chi connectivity index (χ1v) is 8.82. The summed E-state index contributed by atoms with van der Waals surface area (Å²) < 4.78 is 25.7. The van der Waals surface area contributed by atoms with Crippen molar-refractivity contribution in [2.45, 2.75) is 45.4 Å². The third kappa shape index (κ3) is 5.67. The predicted molar refractivity (Wildman–Crippen MR) is 76.2 cm³/mol. The van der Waals surface area contributed by atoms with Crippen molar-refractivity contribution >= 4 is 10.0 Å². The molecule has 0 spiro atoms. The Balaban J connectivity index is 2.23. The Morgan fingerprint density at radius 2 is 1.89 bits per heavy atom. The van der Waals surface area contributed by atoms with E-state index in [1.54, 1.807) is 11.4 Å². The van der Waals surface area contributed by atoms with Crippen LogP contribution in [0, 0.1) is 5.92 Å². The predicted octanol–water partition coefficient (Wildman–Crippen LogP) is 1.83. The first kappa shape index (κ1) is 15.9. The highest BCUT2D eigenvalue weighted by atomic mass is 32.2. The second-order valence-corrected chi connectivity index (χ2v) is 7.50. The molecule has 1 aliphatic carbocycles. The van der Waals surface area contributed by atoms with Crippen molar-refractivity contribution in [3.05, 3.63) is 0 Å². The standard InChI is InChI=1S/C13H28N2O2S/c1-3-14-10-6-7-11-18(16,17)15(2)12-13-8-4-5-9-13/h13-14H,3-12H2,1-2H3. The van der Waals surface area contributed by atoms with E-state index < -0.39 is 10.0 Å². The van der Waals surface area contributed by atoms with Gasteiger partial charge in [-0.1, -0.05) is 19.8 Å². The molecule has 4 nitrogen and oxygen atoms in total. The van der Waals surface area contributed by atoms with Gasteiger partial charge in [-0.25, -0.2) is 12.7 Å². The van der Waals surface area contributed by atoms with Crippen LogP contribution in [0.1, 0.15) is 45.4 Å². The Kier molecular flexibility index (Phi) is 7.19. The molecule has 1 rings (SSSR count). The lowest BCUT2D eigenvalue weighted by molar-refractivity contribution is 0.386. The van der Waals surface area contributed by atoms with E-state index in [0.29, 0.717) is 11.7 Å². The van der Waals surface area contributed by atoms with Crippen LogP contribution in [0.15, 0.2) is 0 Å². The SMILES string of the molecule is CCNCCCCS(=O)(=O)N(C)CC1CCCC1. The van der Waals surface area contributed by atoms with Crippen LogP contribution in [-0.4, -0.2) is 45.2 Å². The van der Waals surface area contributed by atoms with Gasteiger partial charge in [0.2, 0.25) is 10.0 Å².